The van der Waals surface area contributed by atoms with Gasteiger partial charge in [-0.15, -0.1) is 0 Å². The van der Waals surface area contributed by atoms with Crippen molar-refractivity contribution in [3.8, 4) is 0 Å². The maximum absolute atomic E-state index is 5.32. The maximum atomic E-state index is 5.32. The maximum Gasteiger partial charge on any atom is 0.191 e. The molecule has 1 aliphatic carbocycles. The monoisotopic (exact) mass is 225 g/mol. The number of nitrogens with one attached hydrogen (secondary N) is 2. The van der Waals surface area contributed by atoms with Gasteiger partial charge in [0.2, 0.25) is 0 Å². The Morgan fingerprint density at radius 1 is 1.56 bits per heavy atom. The van der Waals surface area contributed by atoms with E-state index in [-0.39, 0.29) is 0 Å². The van der Waals surface area contributed by atoms with Crippen LogP contribution in [-0.4, -0.2) is 38.8 Å². The quantitative estimate of drug-likeness (QED) is 0.737. The van der Waals surface area contributed by atoms with E-state index in [1.165, 1.54) is 25.7 Å². The van der Waals surface area contributed by atoms with E-state index in [1.54, 1.807) is 7.11 Å². The fourth-order valence-corrected chi connectivity index (χ4v) is 2.56. The highest BCUT2D eigenvalue weighted by Gasteiger charge is 2.36. The predicted octanol–water partition coefficient (Wildman–Crippen LogP) is 1.13. The largest absolute Gasteiger partial charge is 0.384 e. The lowest BCUT2D eigenvalue weighted by Gasteiger charge is -2.41. The fraction of sp³-hybridized carbons (Fsp3) is 0.917. The third kappa shape index (κ3) is 2.67. The molecule has 0 amide bonds. The summed E-state index contributed by atoms with van der Waals surface area (Å²) in [5.41, 5.74) is 0.451. The number of methoxy groups -OCH3 is 1. The highest BCUT2D eigenvalue weighted by Crippen LogP contribution is 2.43. The number of hydrogen-bond donors (Lipinski definition) is 2. The Morgan fingerprint density at radius 2 is 2.38 bits per heavy atom. The Balaban J connectivity index is 1.67. The molecule has 1 heterocycles. The van der Waals surface area contributed by atoms with Crippen molar-refractivity contribution in [2.45, 2.75) is 38.6 Å². The van der Waals surface area contributed by atoms with Crippen LogP contribution < -0.4 is 10.6 Å². The van der Waals surface area contributed by atoms with Crippen LogP contribution in [0, 0.1) is 5.41 Å². The van der Waals surface area contributed by atoms with Gasteiger partial charge in [0.05, 0.1) is 13.2 Å². The summed E-state index contributed by atoms with van der Waals surface area (Å²) in [6, 6.07) is 0.485. The summed E-state index contributed by atoms with van der Waals surface area (Å²) >= 11 is 0. The zero-order chi connectivity index (χ0) is 11.4. The van der Waals surface area contributed by atoms with Crippen LogP contribution in [0.4, 0.5) is 0 Å². The van der Waals surface area contributed by atoms with Gasteiger partial charge in [0, 0.05) is 19.7 Å². The van der Waals surface area contributed by atoms with E-state index in [0.29, 0.717) is 11.5 Å². The molecule has 1 atom stereocenters. The van der Waals surface area contributed by atoms with Gasteiger partial charge in [-0.25, -0.2) is 0 Å². The van der Waals surface area contributed by atoms with Gasteiger partial charge in [0.25, 0.3) is 0 Å². The van der Waals surface area contributed by atoms with Crippen molar-refractivity contribution in [2.75, 3.05) is 26.8 Å². The van der Waals surface area contributed by atoms with Crippen LogP contribution in [0.2, 0.25) is 0 Å². The molecule has 4 heteroatoms. The lowest BCUT2D eigenvalue weighted by Crippen LogP contribution is -2.42. The minimum Gasteiger partial charge on any atom is -0.384 e. The Labute approximate surface area is 97.9 Å². The summed E-state index contributed by atoms with van der Waals surface area (Å²) in [5.74, 6) is 0.972. The standard InChI is InChI=1S/C12H23N3O/c1-10-8-14-11(15-10)13-7-6-12(9-16-2)4-3-5-12/h10H,3-9H2,1-2H3,(H2,13,14,15). The fourth-order valence-electron chi connectivity index (χ4n) is 2.56. The second-order valence-corrected chi connectivity index (χ2v) is 5.20. The van der Waals surface area contributed by atoms with Crippen molar-refractivity contribution in [2.24, 2.45) is 10.4 Å². The lowest BCUT2D eigenvalue weighted by molar-refractivity contribution is 0.0116. The normalized spacial score (nSPS) is 26.9. The number of rotatable bonds is 5. The Bertz CT molecular complexity index is 261. The summed E-state index contributed by atoms with van der Waals surface area (Å²) in [6.45, 7) is 4.95. The van der Waals surface area contributed by atoms with Gasteiger partial charge in [0.15, 0.2) is 5.96 Å². The average Bonchev–Trinajstić information content (AvgIpc) is 2.60. The van der Waals surface area contributed by atoms with Gasteiger partial charge < -0.3 is 15.4 Å². The first-order chi connectivity index (χ1) is 7.74. The number of hydrogen-bond acceptors (Lipinski definition) is 4. The lowest BCUT2D eigenvalue weighted by atomic mass is 9.67. The molecule has 1 aliphatic heterocycles. The van der Waals surface area contributed by atoms with Crippen molar-refractivity contribution in [1.29, 1.82) is 0 Å². The summed E-state index contributed by atoms with van der Waals surface area (Å²) in [6.07, 6.45) is 5.19. The number of nitrogens with zero attached hydrogens (tertiary/aromatic N) is 1. The van der Waals surface area contributed by atoms with Crippen LogP contribution in [0.1, 0.15) is 32.6 Å². The van der Waals surface area contributed by atoms with E-state index in [4.69, 9.17) is 4.74 Å². The van der Waals surface area contributed by atoms with Gasteiger partial charge in [-0.05, 0) is 31.6 Å². The molecule has 0 bridgehead atoms. The van der Waals surface area contributed by atoms with Crippen LogP contribution >= 0.6 is 0 Å². The number of aliphatic imine (C=N–C) groups is 1. The molecule has 1 saturated carbocycles. The second kappa shape index (κ2) is 5.04. The molecule has 1 unspecified atom stereocenters. The Kier molecular flexibility index (Phi) is 3.69. The molecule has 0 saturated heterocycles. The highest BCUT2D eigenvalue weighted by atomic mass is 16.5. The molecule has 0 spiro atoms. The second-order valence-electron chi connectivity index (χ2n) is 5.20. The summed E-state index contributed by atoms with van der Waals surface area (Å²) in [4.78, 5) is 4.39. The molecule has 0 aromatic heterocycles. The third-order valence-electron chi connectivity index (χ3n) is 3.72. The topological polar surface area (TPSA) is 45.6 Å². The molecular formula is C12H23N3O. The molecule has 0 aromatic carbocycles. The molecule has 1 fully saturated rings. The van der Waals surface area contributed by atoms with Crippen molar-refractivity contribution in [1.82, 2.24) is 10.6 Å². The van der Waals surface area contributed by atoms with Gasteiger partial charge in [-0.3, -0.25) is 4.99 Å². The highest BCUT2D eigenvalue weighted by molar-refractivity contribution is 5.81. The van der Waals surface area contributed by atoms with Gasteiger partial charge in [-0.2, -0.15) is 0 Å². The third-order valence-corrected chi connectivity index (χ3v) is 3.72. The Morgan fingerprint density at radius 3 is 2.88 bits per heavy atom. The van der Waals surface area contributed by atoms with Crippen molar-refractivity contribution < 1.29 is 4.74 Å². The zero-order valence-corrected chi connectivity index (χ0v) is 10.4. The molecule has 16 heavy (non-hydrogen) atoms. The molecule has 92 valence electrons. The summed E-state index contributed by atoms with van der Waals surface area (Å²) < 4.78 is 5.32. The van der Waals surface area contributed by atoms with Crippen LogP contribution in [0.25, 0.3) is 0 Å². The minimum atomic E-state index is 0.451. The molecular weight excluding hydrogens is 202 g/mol. The minimum absolute atomic E-state index is 0.451. The van der Waals surface area contributed by atoms with E-state index in [2.05, 4.69) is 22.5 Å². The van der Waals surface area contributed by atoms with Crippen LogP contribution in [0.5, 0.6) is 0 Å². The van der Waals surface area contributed by atoms with Crippen molar-refractivity contribution in [3.63, 3.8) is 0 Å². The van der Waals surface area contributed by atoms with E-state index < -0.39 is 0 Å². The van der Waals surface area contributed by atoms with E-state index in [9.17, 15) is 0 Å². The average molecular weight is 225 g/mol. The number of ether oxygens (including phenoxy) is 1. The van der Waals surface area contributed by atoms with E-state index in [0.717, 1.165) is 25.7 Å². The van der Waals surface area contributed by atoms with Gasteiger partial charge >= 0.3 is 0 Å². The van der Waals surface area contributed by atoms with Gasteiger partial charge in [-0.1, -0.05) is 6.42 Å². The predicted molar refractivity (Wildman–Crippen MR) is 65.7 cm³/mol. The molecule has 0 aromatic rings. The van der Waals surface area contributed by atoms with Crippen LogP contribution in [-0.2, 0) is 4.74 Å². The smallest absolute Gasteiger partial charge is 0.191 e. The Hall–Kier alpha value is -0.770. The molecule has 4 nitrogen and oxygen atoms in total. The van der Waals surface area contributed by atoms with E-state index >= 15 is 0 Å². The van der Waals surface area contributed by atoms with Gasteiger partial charge in [0.1, 0.15) is 0 Å². The molecule has 2 aliphatic rings. The summed E-state index contributed by atoms with van der Waals surface area (Å²) in [5, 5.41) is 6.69. The van der Waals surface area contributed by atoms with Crippen molar-refractivity contribution >= 4 is 5.96 Å². The molecule has 2 rings (SSSR count). The van der Waals surface area contributed by atoms with Crippen LogP contribution in [0.3, 0.4) is 0 Å². The molecule has 0 radical (unpaired) electrons. The summed E-state index contributed by atoms with van der Waals surface area (Å²) in [7, 11) is 1.80. The van der Waals surface area contributed by atoms with Crippen molar-refractivity contribution in [3.05, 3.63) is 0 Å². The van der Waals surface area contributed by atoms with E-state index in [1.807, 2.05) is 0 Å². The zero-order valence-electron chi connectivity index (χ0n) is 10.4. The molecule has 2 N–H and O–H groups in total. The van der Waals surface area contributed by atoms with Crippen LogP contribution in [0.15, 0.2) is 4.99 Å². The first kappa shape index (κ1) is 11.7. The number of guanidine groups is 1. The first-order valence-corrected chi connectivity index (χ1v) is 6.28. The SMILES string of the molecule is COCC1(CCNC2=NCC(C)N2)CCC1. The first-order valence-electron chi connectivity index (χ1n) is 6.28.